The first-order valence-electron chi connectivity index (χ1n) is 5.28. The van der Waals surface area contributed by atoms with E-state index < -0.39 is 11.7 Å². The Morgan fingerprint density at radius 1 is 1.06 bits per heavy atom. The van der Waals surface area contributed by atoms with Crippen LogP contribution >= 0.6 is 0 Å². The third kappa shape index (κ3) is 3.82. The van der Waals surface area contributed by atoms with Crippen molar-refractivity contribution in [1.82, 2.24) is 0 Å². The van der Waals surface area contributed by atoms with E-state index in [9.17, 15) is 13.2 Å². The highest BCUT2D eigenvalue weighted by molar-refractivity contribution is 5.50. The van der Waals surface area contributed by atoms with Gasteiger partial charge >= 0.3 is 6.18 Å². The van der Waals surface area contributed by atoms with Gasteiger partial charge in [-0.1, -0.05) is 11.8 Å². The zero-order chi connectivity index (χ0) is 14.0. The predicted octanol–water partition coefficient (Wildman–Crippen LogP) is 3.97. The molecule has 0 atom stereocenters. The Morgan fingerprint density at radius 2 is 1.67 bits per heavy atom. The van der Waals surface area contributed by atoms with Crippen molar-refractivity contribution in [2.24, 2.45) is 5.41 Å². The number of nitrogens with zero attached hydrogens (tertiary/aromatic N) is 1. The van der Waals surface area contributed by atoms with Crippen LogP contribution in [0.2, 0.25) is 0 Å². The van der Waals surface area contributed by atoms with Crippen LogP contribution in [0.15, 0.2) is 18.2 Å². The van der Waals surface area contributed by atoms with Gasteiger partial charge in [-0.3, -0.25) is 0 Å². The molecule has 1 aromatic carbocycles. The SMILES string of the molecule is CC(C)(C)C#Cc1cc(C(F)(F)F)ccc1C#N. The second-order valence-corrected chi connectivity index (χ2v) is 4.87. The molecule has 0 radical (unpaired) electrons. The molecule has 1 nitrogen and oxygen atoms in total. The number of nitriles is 1. The van der Waals surface area contributed by atoms with Gasteiger partial charge < -0.3 is 0 Å². The van der Waals surface area contributed by atoms with Crippen molar-refractivity contribution < 1.29 is 13.2 Å². The van der Waals surface area contributed by atoms with Crippen molar-refractivity contribution in [3.63, 3.8) is 0 Å². The normalized spacial score (nSPS) is 11.4. The van der Waals surface area contributed by atoms with Gasteiger partial charge in [-0.2, -0.15) is 18.4 Å². The van der Waals surface area contributed by atoms with Crippen molar-refractivity contribution >= 4 is 0 Å². The van der Waals surface area contributed by atoms with Crippen molar-refractivity contribution in [3.8, 4) is 17.9 Å². The molecule has 18 heavy (non-hydrogen) atoms. The maximum atomic E-state index is 12.5. The summed E-state index contributed by atoms with van der Waals surface area (Å²) >= 11 is 0. The fraction of sp³-hybridized carbons (Fsp3) is 0.357. The first kappa shape index (κ1) is 14.1. The van der Waals surface area contributed by atoms with Gasteiger partial charge in [0.15, 0.2) is 0 Å². The number of alkyl halides is 3. The Hall–Kier alpha value is -1.94. The van der Waals surface area contributed by atoms with E-state index in [4.69, 9.17) is 5.26 Å². The molecule has 0 aliphatic rings. The van der Waals surface area contributed by atoms with Crippen LogP contribution in [-0.4, -0.2) is 0 Å². The second kappa shape index (κ2) is 4.74. The van der Waals surface area contributed by atoms with Crippen LogP contribution < -0.4 is 0 Å². The largest absolute Gasteiger partial charge is 0.416 e. The highest BCUT2D eigenvalue weighted by Crippen LogP contribution is 2.30. The maximum Gasteiger partial charge on any atom is 0.416 e. The van der Waals surface area contributed by atoms with Gasteiger partial charge in [0.25, 0.3) is 0 Å². The summed E-state index contributed by atoms with van der Waals surface area (Å²) in [5.41, 5.74) is -0.859. The quantitative estimate of drug-likeness (QED) is 0.640. The molecule has 0 spiro atoms. The number of rotatable bonds is 0. The standard InChI is InChI=1S/C14H12F3N/c1-13(2,3)7-6-10-8-12(14(15,16)17)5-4-11(10)9-18/h4-5,8H,1-3H3. The van der Waals surface area contributed by atoms with Crippen molar-refractivity contribution in [1.29, 1.82) is 5.26 Å². The number of hydrogen-bond acceptors (Lipinski definition) is 1. The Morgan fingerprint density at radius 3 is 2.11 bits per heavy atom. The monoisotopic (exact) mass is 251 g/mol. The lowest BCUT2D eigenvalue weighted by atomic mass is 9.96. The van der Waals surface area contributed by atoms with Crippen LogP contribution in [0.5, 0.6) is 0 Å². The van der Waals surface area contributed by atoms with E-state index in [0.29, 0.717) is 0 Å². The molecular formula is C14H12F3N. The van der Waals surface area contributed by atoms with Crippen molar-refractivity contribution in [2.75, 3.05) is 0 Å². The number of halogens is 3. The topological polar surface area (TPSA) is 23.8 Å². The Bertz CT molecular complexity index is 546. The second-order valence-electron chi connectivity index (χ2n) is 4.87. The van der Waals surface area contributed by atoms with Crippen LogP contribution in [-0.2, 0) is 6.18 Å². The molecular weight excluding hydrogens is 239 g/mol. The molecule has 0 aliphatic heterocycles. The molecule has 0 N–H and O–H groups in total. The summed E-state index contributed by atoms with van der Waals surface area (Å²) < 4.78 is 37.6. The summed E-state index contributed by atoms with van der Waals surface area (Å²) in [6, 6.07) is 4.79. The third-order valence-electron chi connectivity index (χ3n) is 2.04. The average molecular weight is 251 g/mol. The van der Waals surface area contributed by atoms with Gasteiger partial charge in [-0.25, -0.2) is 0 Å². The minimum atomic E-state index is -4.42. The van der Waals surface area contributed by atoms with Crippen LogP contribution in [0.25, 0.3) is 0 Å². The Balaban J connectivity index is 3.32. The van der Waals surface area contributed by atoms with Crippen LogP contribution in [0, 0.1) is 28.6 Å². The molecule has 0 amide bonds. The highest BCUT2D eigenvalue weighted by Gasteiger charge is 2.30. The zero-order valence-corrected chi connectivity index (χ0v) is 10.3. The molecule has 1 rings (SSSR count). The molecule has 0 saturated carbocycles. The summed E-state index contributed by atoms with van der Waals surface area (Å²) in [6.07, 6.45) is -4.42. The summed E-state index contributed by atoms with van der Waals surface area (Å²) in [4.78, 5) is 0. The average Bonchev–Trinajstić information content (AvgIpc) is 2.23. The molecule has 0 aromatic heterocycles. The minimum absolute atomic E-state index is 0.113. The van der Waals surface area contributed by atoms with Gasteiger partial charge in [0.2, 0.25) is 0 Å². The molecule has 0 bridgehead atoms. The van der Waals surface area contributed by atoms with Crippen LogP contribution in [0.4, 0.5) is 13.2 Å². The molecule has 0 heterocycles. The Labute approximate surface area is 104 Å². The zero-order valence-electron chi connectivity index (χ0n) is 10.3. The molecule has 0 saturated heterocycles. The maximum absolute atomic E-state index is 12.5. The van der Waals surface area contributed by atoms with Crippen molar-refractivity contribution in [2.45, 2.75) is 26.9 Å². The van der Waals surface area contributed by atoms with E-state index in [1.807, 2.05) is 26.8 Å². The fourth-order valence-electron chi connectivity index (χ4n) is 1.18. The fourth-order valence-corrected chi connectivity index (χ4v) is 1.18. The lowest BCUT2D eigenvalue weighted by Crippen LogP contribution is -2.06. The lowest BCUT2D eigenvalue weighted by Gasteiger charge is -2.09. The van der Waals surface area contributed by atoms with E-state index in [0.717, 1.165) is 18.2 Å². The van der Waals surface area contributed by atoms with Crippen molar-refractivity contribution in [3.05, 3.63) is 34.9 Å². The van der Waals surface area contributed by atoms with Gasteiger partial charge in [0.1, 0.15) is 6.07 Å². The molecule has 0 aliphatic carbocycles. The van der Waals surface area contributed by atoms with E-state index >= 15 is 0 Å². The predicted molar refractivity (Wildman–Crippen MR) is 62.5 cm³/mol. The first-order valence-corrected chi connectivity index (χ1v) is 5.28. The van der Waals surface area contributed by atoms with E-state index in [-0.39, 0.29) is 16.5 Å². The number of benzene rings is 1. The Kier molecular flexibility index (Phi) is 3.72. The number of hydrogen-bond donors (Lipinski definition) is 0. The van der Waals surface area contributed by atoms with Crippen LogP contribution in [0.3, 0.4) is 0 Å². The van der Waals surface area contributed by atoms with E-state index in [2.05, 4.69) is 11.8 Å². The van der Waals surface area contributed by atoms with Gasteiger partial charge in [-0.15, -0.1) is 0 Å². The molecule has 1 aromatic rings. The third-order valence-corrected chi connectivity index (χ3v) is 2.04. The molecule has 0 unspecified atom stereocenters. The smallest absolute Gasteiger partial charge is 0.192 e. The molecule has 0 fully saturated rings. The van der Waals surface area contributed by atoms with Crippen LogP contribution in [0.1, 0.15) is 37.5 Å². The minimum Gasteiger partial charge on any atom is -0.192 e. The lowest BCUT2D eigenvalue weighted by molar-refractivity contribution is -0.137. The van der Waals surface area contributed by atoms with Gasteiger partial charge in [0, 0.05) is 11.0 Å². The highest BCUT2D eigenvalue weighted by atomic mass is 19.4. The summed E-state index contributed by atoms with van der Waals surface area (Å²) in [5, 5.41) is 8.84. The summed E-state index contributed by atoms with van der Waals surface area (Å²) in [7, 11) is 0. The van der Waals surface area contributed by atoms with E-state index in [1.165, 1.54) is 0 Å². The van der Waals surface area contributed by atoms with E-state index in [1.54, 1.807) is 0 Å². The summed E-state index contributed by atoms with van der Waals surface area (Å²) in [6.45, 7) is 5.54. The first-order chi connectivity index (χ1) is 8.13. The van der Waals surface area contributed by atoms with Gasteiger partial charge in [-0.05, 0) is 39.0 Å². The molecule has 94 valence electrons. The molecule has 4 heteroatoms. The summed E-state index contributed by atoms with van der Waals surface area (Å²) in [5.74, 6) is 5.47. The van der Waals surface area contributed by atoms with Gasteiger partial charge in [0.05, 0.1) is 11.1 Å².